The first-order valence-electron chi connectivity index (χ1n) is 9.57. The van der Waals surface area contributed by atoms with Crippen LogP contribution in [0.4, 0.5) is 37.7 Å². The molecule has 174 valence electrons. The highest BCUT2D eigenvalue weighted by Gasteiger charge is 2.38. The Labute approximate surface area is 191 Å². The molecule has 0 amide bonds. The van der Waals surface area contributed by atoms with Gasteiger partial charge in [0.2, 0.25) is 0 Å². The molecule has 0 radical (unpaired) electrons. The molecule has 2 aromatic heterocycles. The van der Waals surface area contributed by atoms with Gasteiger partial charge in [-0.2, -0.15) is 26.3 Å². The Morgan fingerprint density at radius 3 is 1.65 bits per heavy atom. The van der Waals surface area contributed by atoms with Crippen molar-refractivity contribution in [2.45, 2.75) is 26.2 Å². The average Bonchev–Trinajstić information content (AvgIpc) is 2.71. The number of rotatable bonds is 0. The Balaban J connectivity index is 1.98. The van der Waals surface area contributed by atoms with Crippen LogP contribution in [0.2, 0.25) is 0 Å². The Morgan fingerprint density at radius 1 is 0.647 bits per heavy atom. The molecule has 10 heteroatoms. The van der Waals surface area contributed by atoms with E-state index < -0.39 is 29.3 Å². The van der Waals surface area contributed by atoms with Gasteiger partial charge in [0.15, 0.2) is 0 Å². The summed E-state index contributed by atoms with van der Waals surface area (Å²) in [6.07, 6.45) is -10.1. The van der Waals surface area contributed by atoms with Crippen molar-refractivity contribution in [3.8, 4) is 23.7 Å². The maximum atomic E-state index is 13.0. The Hall–Kier alpha value is -4.18. The van der Waals surface area contributed by atoms with Gasteiger partial charge in [0.25, 0.3) is 0 Å². The molecule has 0 atom stereocenters. The Morgan fingerprint density at radius 2 is 1.18 bits per heavy atom. The average molecular weight is 474 g/mol. The van der Waals surface area contributed by atoms with Crippen LogP contribution in [-0.2, 0) is 12.4 Å². The van der Waals surface area contributed by atoms with Crippen LogP contribution in [0.5, 0.6) is 0 Å². The van der Waals surface area contributed by atoms with Gasteiger partial charge in [-0.05, 0) is 67.6 Å². The van der Waals surface area contributed by atoms with Crippen molar-refractivity contribution in [1.82, 2.24) is 9.97 Å². The largest absolute Gasteiger partial charge is 0.433 e. The lowest BCUT2D eigenvalue weighted by atomic mass is 10.1. The number of anilines is 2. The van der Waals surface area contributed by atoms with E-state index >= 15 is 0 Å². The molecular weight excluding hydrogens is 458 g/mol. The number of aromatic nitrogens is 2. The van der Waals surface area contributed by atoms with Crippen LogP contribution in [0.1, 0.15) is 45.0 Å². The maximum Gasteiger partial charge on any atom is 0.433 e. The number of hydrogen-bond acceptors (Lipinski definition) is 4. The fourth-order valence-corrected chi connectivity index (χ4v) is 2.92. The minimum atomic E-state index is -5.08. The number of hydrogen-bond donors (Lipinski definition) is 2. The highest BCUT2D eigenvalue weighted by atomic mass is 19.4. The summed E-state index contributed by atoms with van der Waals surface area (Å²) in [6.45, 7) is 3.73. The molecule has 1 aromatic carbocycles. The summed E-state index contributed by atoms with van der Waals surface area (Å²) in [5.41, 5.74) is 11.0. The zero-order valence-electron chi connectivity index (χ0n) is 17.8. The molecule has 4 nitrogen and oxygen atoms in total. The van der Waals surface area contributed by atoms with Gasteiger partial charge >= 0.3 is 12.4 Å². The molecule has 2 heterocycles. The van der Waals surface area contributed by atoms with Crippen LogP contribution in [0.3, 0.4) is 0 Å². The summed E-state index contributed by atoms with van der Waals surface area (Å²) < 4.78 is 77.9. The molecule has 0 unspecified atom stereocenters. The van der Waals surface area contributed by atoms with E-state index in [9.17, 15) is 26.3 Å². The lowest BCUT2D eigenvalue weighted by Gasteiger charge is -2.11. The van der Waals surface area contributed by atoms with E-state index in [4.69, 9.17) is 11.5 Å². The van der Waals surface area contributed by atoms with Crippen molar-refractivity contribution in [2.75, 3.05) is 11.5 Å². The van der Waals surface area contributed by atoms with E-state index in [2.05, 4.69) is 33.6 Å². The maximum absolute atomic E-state index is 13.0. The fourth-order valence-electron chi connectivity index (χ4n) is 2.92. The predicted molar refractivity (Wildman–Crippen MR) is 115 cm³/mol. The summed E-state index contributed by atoms with van der Waals surface area (Å²) in [6, 6.07) is 6.78. The number of nitrogens with zero attached hydrogens (tertiary/aromatic N) is 2. The molecule has 0 spiro atoms. The monoisotopic (exact) mass is 474 g/mol. The lowest BCUT2D eigenvalue weighted by Crippen LogP contribution is -2.13. The number of halogens is 6. The number of nitrogens with two attached hydrogens (primary N) is 2. The van der Waals surface area contributed by atoms with Gasteiger partial charge < -0.3 is 11.5 Å². The third-order valence-electron chi connectivity index (χ3n) is 4.41. The molecule has 3 aromatic rings. The van der Waals surface area contributed by atoms with Gasteiger partial charge in [-0.1, -0.05) is 11.8 Å². The molecule has 0 saturated heterocycles. The second-order valence-corrected chi connectivity index (χ2v) is 7.32. The molecule has 34 heavy (non-hydrogen) atoms. The van der Waals surface area contributed by atoms with Crippen molar-refractivity contribution >= 4 is 11.4 Å². The summed E-state index contributed by atoms with van der Waals surface area (Å²) >= 11 is 0. The molecule has 0 saturated carbocycles. The standard InChI is InChI=1S/C24H16F6N4/c1-13-7-14(2)33-18(8-13)5-3-15-9-21(32)16(10-20(15)31)4-6-19-11-17(23(25,26)27)12-22(34-19)24(28,29)30/h7-12H,31-32H2,1-2H3. The number of nitrogen functional groups attached to an aromatic ring is 2. The second kappa shape index (κ2) is 8.99. The van der Waals surface area contributed by atoms with Crippen molar-refractivity contribution in [3.63, 3.8) is 0 Å². The van der Waals surface area contributed by atoms with E-state index in [1.807, 2.05) is 19.9 Å². The first-order valence-corrected chi connectivity index (χ1v) is 9.57. The van der Waals surface area contributed by atoms with E-state index in [1.54, 1.807) is 6.07 Å². The Bertz CT molecular complexity index is 1330. The van der Waals surface area contributed by atoms with E-state index in [0.717, 1.165) is 11.3 Å². The number of aryl methyl sites for hydroxylation is 2. The molecule has 3 rings (SSSR count). The molecule has 0 fully saturated rings. The first-order chi connectivity index (χ1) is 15.7. The normalized spacial score (nSPS) is 11.3. The Kier molecular flexibility index (Phi) is 6.47. The van der Waals surface area contributed by atoms with E-state index in [1.165, 1.54) is 12.1 Å². The fraction of sp³-hybridized carbons (Fsp3) is 0.167. The zero-order valence-corrected chi connectivity index (χ0v) is 17.8. The van der Waals surface area contributed by atoms with Gasteiger partial charge in [0, 0.05) is 17.1 Å². The second-order valence-electron chi connectivity index (χ2n) is 7.32. The first kappa shape index (κ1) is 24.5. The summed E-state index contributed by atoms with van der Waals surface area (Å²) in [5.74, 6) is 10.4. The van der Waals surface area contributed by atoms with Crippen LogP contribution >= 0.6 is 0 Å². The topological polar surface area (TPSA) is 77.8 Å². The van der Waals surface area contributed by atoms with E-state index in [-0.39, 0.29) is 23.0 Å². The van der Waals surface area contributed by atoms with Gasteiger partial charge in [-0.15, -0.1) is 0 Å². The van der Waals surface area contributed by atoms with Gasteiger partial charge in [0.1, 0.15) is 17.1 Å². The summed E-state index contributed by atoms with van der Waals surface area (Å²) in [4.78, 5) is 7.48. The van der Waals surface area contributed by atoms with Crippen LogP contribution < -0.4 is 11.5 Å². The van der Waals surface area contributed by atoms with Crippen molar-refractivity contribution in [3.05, 3.63) is 81.4 Å². The van der Waals surface area contributed by atoms with Crippen molar-refractivity contribution in [2.24, 2.45) is 0 Å². The third kappa shape index (κ3) is 5.99. The molecule has 0 aliphatic carbocycles. The van der Waals surface area contributed by atoms with Crippen molar-refractivity contribution < 1.29 is 26.3 Å². The third-order valence-corrected chi connectivity index (χ3v) is 4.41. The van der Waals surface area contributed by atoms with E-state index in [0.29, 0.717) is 17.3 Å². The molecular formula is C24H16F6N4. The molecule has 4 N–H and O–H groups in total. The van der Waals surface area contributed by atoms with Gasteiger partial charge in [0.05, 0.1) is 16.7 Å². The molecule has 0 bridgehead atoms. The zero-order chi connectivity index (χ0) is 25.3. The summed E-state index contributed by atoms with van der Waals surface area (Å²) in [7, 11) is 0. The number of alkyl halides is 6. The lowest BCUT2D eigenvalue weighted by molar-refractivity contribution is -0.145. The predicted octanol–water partition coefficient (Wildman–Crippen LogP) is 5.10. The van der Waals surface area contributed by atoms with Gasteiger partial charge in [-0.25, -0.2) is 9.97 Å². The smallest absolute Gasteiger partial charge is 0.398 e. The quantitative estimate of drug-likeness (QED) is 0.270. The van der Waals surface area contributed by atoms with Crippen LogP contribution in [-0.4, -0.2) is 9.97 Å². The van der Waals surface area contributed by atoms with Crippen LogP contribution in [0, 0.1) is 37.5 Å². The number of benzene rings is 1. The highest BCUT2D eigenvalue weighted by molar-refractivity contribution is 5.70. The van der Waals surface area contributed by atoms with Crippen LogP contribution in [0.15, 0.2) is 36.4 Å². The SMILES string of the molecule is Cc1cc(C)nc(C#Cc2cc(N)c(C#Cc3cc(C(F)(F)F)cc(C(F)(F)F)n3)cc2N)c1. The van der Waals surface area contributed by atoms with Crippen molar-refractivity contribution in [1.29, 1.82) is 0 Å². The van der Waals surface area contributed by atoms with Crippen LogP contribution in [0.25, 0.3) is 0 Å². The minimum Gasteiger partial charge on any atom is -0.398 e. The highest BCUT2D eigenvalue weighted by Crippen LogP contribution is 2.34. The summed E-state index contributed by atoms with van der Waals surface area (Å²) in [5, 5.41) is 0. The minimum absolute atomic E-state index is 0.0738. The molecule has 0 aliphatic heterocycles. The van der Waals surface area contributed by atoms with Gasteiger partial charge in [-0.3, -0.25) is 0 Å². The number of pyridine rings is 2. The molecule has 0 aliphatic rings.